The number of nitrogens with one attached hydrogen (secondary N) is 2. The van der Waals surface area contributed by atoms with E-state index >= 15 is 0 Å². The fraction of sp³-hybridized carbons (Fsp3) is 1.00. The minimum atomic E-state index is -3.17. The maximum atomic E-state index is 13.2. The second kappa shape index (κ2) is 7.97. The van der Waals surface area contributed by atoms with Crippen molar-refractivity contribution in [3.8, 4) is 0 Å². The smallest absolute Gasteiger partial charge is 0.308 e. The van der Waals surface area contributed by atoms with Crippen LogP contribution in [-0.4, -0.2) is 36.1 Å². The van der Waals surface area contributed by atoms with Crippen molar-refractivity contribution in [2.75, 3.05) is 13.2 Å². The Hall–Kier alpha value is 0.0700. The van der Waals surface area contributed by atoms with Gasteiger partial charge in [-0.1, -0.05) is 13.8 Å². The zero-order chi connectivity index (χ0) is 17.9. The molecule has 5 nitrogen and oxygen atoms in total. The molecule has 0 bridgehead atoms. The molecule has 0 amide bonds. The Morgan fingerprint density at radius 3 is 1.87 bits per heavy atom. The minimum Gasteiger partial charge on any atom is -0.308 e. The van der Waals surface area contributed by atoms with Gasteiger partial charge in [0, 0.05) is 17.1 Å². The van der Waals surface area contributed by atoms with Gasteiger partial charge in [-0.15, -0.1) is 0 Å². The Bertz CT molecular complexity index is 398. The molecule has 1 heterocycles. The molecule has 0 aromatic rings. The van der Waals surface area contributed by atoms with Crippen LogP contribution in [0.1, 0.15) is 68.2 Å². The fourth-order valence-corrected chi connectivity index (χ4v) is 6.13. The Kier molecular flexibility index (Phi) is 7.31. The summed E-state index contributed by atoms with van der Waals surface area (Å²) in [6.07, 6.45) is 1.97. The van der Waals surface area contributed by atoms with E-state index < -0.39 is 7.60 Å². The number of hydrogen-bond acceptors (Lipinski definition) is 5. The molecule has 0 saturated carbocycles. The molecule has 23 heavy (non-hydrogen) atoms. The Labute approximate surface area is 142 Å². The summed E-state index contributed by atoms with van der Waals surface area (Å²) in [6.45, 7) is 17.5. The van der Waals surface area contributed by atoms with E-state index in [1.54, 1.807) is 0 Å². The molecule has 2 N–H and O–H groups in total. The Morgan fingerprint density at radius 1 is 1.09 bits per heavy atom. The van der Waals surface area contributed by atoms with Crippen LogP contribution in [0.25, 0.3) is 0 Å². The summed E-state index contributed by atoms with van der Waals surface area (Å²) < 4.78 is 24.4. The molecule has 1 rings (SSSR count). The molecule has 6 heteroatoms. The normalized spacial score (nSPS) is 23.2. The standard InChI is InChI=1S/C17H37N2O3P/c1-9-21-23(20,22-10-2)15(13(3)4)18-14-11-16(5,6)19-17(7,8)12-14/h13-15,18-19H,9-12H2,1-8H3. The first-order valence-electron chi connectivity index (χ1n) is 8.89. The van der Waals surface area contributed by atoms with E-state index in [1.165, 1.54) is 0 Å². The predicted molar refractivity (Wildman–Crippen MR) is 96.9 cm³/mol. The number of hydrogen-bond donors (Lipinski definition) is 2. The average Bonchev–Trinajstić information content (AvgIpc) is 2.32. The monoisotopic (exact) mass is 348 g/mol. The summed E-state index contributed by atoms with van der Waals surface area (Å²) in [5, 5.41) is 7.31. The van der Waals surface area contributed by atoms with Crippen molar-refractivity contribution >= 4 is 7.60 Å². The van der Waals surface area contributed by atoms with Crippen LogP contribution in [0.2, 0.25) is 0 Å². The zero-order valence-corrected chi connectivity index (χ0v) is 17.1. The molecule has 0 aromatic carbocycles. The first-order valence-corrected chi connectivity index (χ1v) is 10.5. The van der Waals surface area contributed by atoms with Gasteiger partial charge in [-0.2, -0.15) is 0 Å². The van der Waals surface area contributed by atoms with Gasteiger partial charge in [0.1, 0.15) is 5.78 Å². The van der Waals surface area contributed by atoms with Crippen LogP contribution in [0.5, 0.6) is 0 Å². The molecular weight excluding hydrogens is 311 g/mol. The van der Waals surface area contributed by atoms with Crippen molar-refractivity contribution in [1.29, 1.82) is 0 Å². The summed E-state index contributed by atoms with van der Waals surface area (Å²) in [5.74, 6) is -0.114. The van der Waals surface area contributed by atoms with Gasteiger partial charge in [0.05, 0.1) is 13.2 Å². The second-order valence-electron chi connectivity index (χ2n) is 8.23. The SMILES string of the molecule is CCOP(=O)(OCC)C(NC1CC(C)(C)NC(C)(C)C1)C(C)C. The lowest BCUT2D eigenvalue weighted by atomic mass is 9.79. The molecule has 138 valence electrons. The van der Waals surface area contributed by atoms with Crippen LogP contribution < -0.4 is 10.6 Å². The van der Waals surface area contributed by atoms with Gasteiger partial charge in [-0.05, 0) is 60.3 Å². The third kappa shape index (κ3) is 6.13. The van der Waals surface area contributed by atoms with Crippen molar-refractivity contribution in [3.63, 3.8) is 0 Å². The van der Waals surface area contributed by atoms with Crippen molar-refractivity contribution in [2.45, 2.75) is 91.1 Å². The third-order valence-electron chi connectivity index (χ3n) is 4.19. The lowest BCUT2D eigenvalue weighted by Crippen LogP contribution is -2.62. The van der Waals surface area contributed by atoms with E-state index in [1.807, 2.05) is 13.8 Å². The molecular formula is C17H37N2O3P. The van der Waals surface area contributed by atoms with Crippen LogP contribution in [0, 0.1) is 5.92 Å². The molecule has 1 aliphatic heterocycles. The first-order chi connectivity index (χ1) is 10.4. The fourth-order valence-electron chi connectivity index (χ4n) is 3.89. The summed E-state index contributed by atoms with van der Waals surface area (Å²) in [7, 11) is -3.17. The van der Waals surface area contributed by atoms with E-state index in [-0.39, 0.29) is 28.8 Å². The molecule has 0 aliphatic carbocycles. The highest BCUT2D eigenvalue weighted by Crippen LogP contribution is 2.54. The van der Waals surface area contributed by atoms with Gasteiger partial charge in [0.25, 0.3) is 0 Å². The van der Waals surface area contributed by atoms with Crippen LogP contribution in [0.3, 0.4) is 0 Å². The average molecular weight is 348 g/mol. The van der Waals surface area contributed by atoms with E-state index in [9.17, 15) is 4.57 Å². The summed E-state index contributed by atoms with van der Waals surface area (Å²) in [4.78, 5) is 0. The van der Waals surface area contributed by atoms with Gasteiger partial charge < -0.3 is 19.7 Å². The minimum absolute atomic E-state index is 0.0438. The molecule has 0 radical (unpaired) electrons. The lowest BCUT2D eigenvalue weighted by molar-refractivity contribution is 0.132. The largest absolute Gasteiger partial charge is 0.347 e. The van der Waals surface area contributed by atoms with Crippen LogP contribution in [0.15, 0.2) is 0 Å². The van der Waals surface area contributed by atoms with Gasteiger partial charge in [-0.25, -0.2) is 0 Å². The molecule has 1 unspecified atom stereocenters. The highest BCUT2D eigenvalue weighted by atomic mass is 31.2. The topological polar surface area (TPSA) is 59.6 Å². The second-order valence-corrected chi connectivity index (χ2v) is 10.4. The van der Waals surface area contributed by atoms with Gasteiger partial charge in [0.2, 0.25) is 0 Å². The zero-order valence-electron chi connectivity index (χ0n) is 16.2. The van der Waals surface area contributed by atoms with Crippen molar-refractivity contribution in [1.82, 2.24) is 10.6 Å². The predicted octanol–water partition coefficient (Wildman–Crippen LogP) is 4.13. The van der Waals surface area contributed by atoms with E-state index in [4.69, 9.17) is 9.05 Å². The molecule has 0 spiro atoms. The van der Waals surface area contributed by atoms with Gasteiger partial charge in [0.15, 0.2) is 0 Å². The van der Waals surface area contributed by atoms with Crippen LogP contribution in [-0.2, 0) is 13.6 Å². The van der Waals surface area contributed by atoms with E-state index in [0.717, 1.165) is 12.8 Å². The summed E-state index contributed by atoms with van der Waals surface area (Å²) >= 11 is 0. The van der Waals surface area contributed by atoms with Crippen molar-refractivity contribution < 1.29 is 13.6 Å². The van der Waals surface area contributed by atoms with Crippen LogP contribution >= 0.6 is 7.60 Å². The highest BCUT2D eigenvalue weighted by Gasteiger charge is 2.43. The molecule has 1 saturated heterocycles. The third-order valence-corrected chi connectivity index (χ3v) is 6.85. The Balaban J connectivity index is 2.96. The molecule has 1 fully saturated rings. The van der Waals surface area contributed by atoms with Gasteiger partial charge in [-0.3, -0.25) is 4.57 Å². The van der Waals surface area contributed by atoms with Crippen molar-refractivity contribution in [2.24, 2.45) is 5.92 Å². The highest BCUT2D eigenvalue weighted by molar-refractivity contribution is 7.54. The first kappa shape index (κ1) is 21.1. The molecule has 0 aromatic heterocycles. The molecule has 1 aliphatic rings. The summed E-state index contributed by atoms with van der Waals surface area (Å²) in [6, 6.07) is 0.280. The Morgan fingerprint density at radius 2 is 1.52 bits per heavy atom. The van der Waals surface area contributed by atoms with E-state index in [2.05, 4.69) is 52.2 Å². The lowest BCUT2D eigenvalue weighted by Gasteiger charge is -2.48. The maximum absolute atomic E-state index is 13.2. The molecule has 1 atom stereocenters. The summed E-state index contributed by atoms with van der Waals surface area (Å²) in [5.41, 5.74) is 0.0876. The number of piperidine rings is 1. The number of rotatable bonds is 8. The maximum Gasteiger partial charge on any atom is 0.347 e. The van der Waals surface area contributed by atoms with Gasteiger partial charge >= 0.3 is 7.60 Å². The van der Waals surface area contributed by atoms with E-state index in [0.29, 0.717) is 13.2 Å². The quantitative estimate of drug-likeness (QED) is 0.646. The van der Waals surface area contributed by atoms with Crippen molar-refractivity contribution in [3.05, 3.63) is 0 Å². The van der Waals surface area contributed by atoms with Crippen LogP contribution in [0.4, 0.5) is 0 Å².